The van der Waals surface area contributed by atoms with Gasteiger partial charge >= 0.3 is 0 Å². The molecule has 0 aromatic rings. The van der Waals surface area contributed by atoms with Crippen molar-refractivity contribution in [3.63, 3.8) is 0 Å². The van der Waals surface area contributed by atoms with Crippen molar-refractivity contribution in [3.05, 3.63) is 0 Å². The van der Waals surface area contributed by atoms with Crippen LogP contribution >= 0.6 is 0 Å². The zero-order valence-corrected chi connectivity index (χ0v) is 4.39. The number of nitrogens with zero attached hydrogens (tertiary/aromatic N) is 2. The maximum atomic E-state index is 3.61. The smallest absolute Gasteiger partial charge is 0.166 e. The van der Waals surface area contributed by atoms with Gasteiger partial charge in [0.1, 0.15) is 0 Å². The maximum absolute atomic E-state index is 3.61. The second-order valence-electron chi connectivity index (χ2n) is 1.22. The predicted octanol–water partition coefficient (Wildman–Crippen LogP) is 0.0831. The summed E-state index contributed by atoms with van der Waals surface area (Å²) in [7, 11) is 5.46. The Morgan fingerprint density at radius 2 is 2.00 bits per heavy atom. The van der Waals surface area contributed by atoms with Gasteiger partial charge in [-0.15, -0.1) is 0 Å². The first-order valence-electron chi connectivity index (χ1n) is 1.79. The molecule has 35 valence electrons. The standard InChI is InChI=1S/C4H9N2/c1-5-4-6(2)3/h1-3H3. The molecule has 2 nitrogen and oxygen atoms in total. The van der Waals surface area contributed by atoms with E-state index in [0.29, 0.717) is 0 Å². The molecule has 0 aliphatic rings. The Bertz CT molecular complexity index is 47.5. The highest BCUT2D eigenvalue weighted by Gasteiger charge is 1.69. The van der Waals surface area contributed by atoms with Crippen molar-refractivity contribution in [2.75, 3.05) is 21.1 Å². The van der Waals surface area contributed by atoms with Gasteiger partial charge in [0.25, 0.3) is 0 Å². The van der Waals surface area contributed by atoms with Gasteiger partial charge in [-0.3, -0.25) is 4.99 Å². The van der Waals surface area contributed by atoms with Gasteiger partial charge in [0.2, 0.25) is 0 Å². The second-order valence-corrected chi connectivity index (χ2v) is 1.22. The van der Waals surface area contributed by atoms with Crippen LogP contribution in [-0.4, -0.2) is 32.4 Å². The molecule has 0 spiro atoms. The quantitative estimate of drug-likeness (QED) is 0.250. The van der Waals surface area contributed by atoms with Crippen molar-refractivity contribution >= 4 is 6.34 Å². The van der Waals surface area contributed by atoms with Crippen LogP contribution in [0.25, 0.3) is 0 Å². The number of hydrogen-bond donors (Lipinski definition) is 0. The van der Waals surface area contributed by atoms with E-state index >= 15 is 0 Å². The Labute approximate surface area is 38.5 Å². The van der Waals surface area contributed by atoms with Crippen LogP contribution in [0, 0.1) is 0 Å². The molecule has 0 rings (SSSR count). The van der Waals surface area contributed by atoms with Gasteiger partial charge in [-0.25, -0.2) is 0 Å². The van der Waals surface area contributed by atoms with Gasteiger partial charge in [0.15, 0.2) is 6.34 Å². The molecule has 0 saturated carbocycles. The Kier molecular flexibility index (Phi) is 2.46. The van der Waals surface area contributed by atoms with Crippen molar-refractivity contribution in [1.82, 2.24) is 4.90 Å². The lowest BCUT2D eigenvalue weighted by Gasteiger charge is -1.96. The minimum absolute atomic E-state index is 1.69. The predicted molar refractivity (Wildman–Crippen MR) is 27.0 cm³/mol. The van der Waals surface area contributed by atoms with Crippen LogP contribution in [0.4, 0.5) is 0 Å². The molecule has 0 N–H and O–H groups in total. The highest BCUT2D eigenvalue weighted by Crippen LogP contribution is 1.59. The zero-order valence-electron chi connectivity index (χ0n) is 4.39. The molecule has 0 fully saturated rings. The van der Waals surface area contributed by atoms with E-state index < -0.39 is 0 Å². The number of hydrogen-bond acceptors (Lipinski definition) is 1. The summed E-state index contributed by atoms with van der Waals surface area (Å²) >= 11 is 0. The SMILES string of the molecule is C/N=[C]/N(C)C. The van der Waals surface area contributed by atoms with Crippen LogP contribution in [0.5, 0.6) is 0 Å². The molecule has 0 aromatic heterocycles. The number of rotatable bonds is 1. The lowest BCUT2D eigenvalue weighted by molar-refractivity contribution is 0.642. The van der Waals surface area contributed by atoms with E-state index in [1.807, 2.05) is 14.1 Å². The summed E-state index contributed by atoms with van der Waals surface area (Å²) in [6.07, 6.45) is 2.67. The van der Waals surface area contributed by atoms with Gasteiger partial charge in [-0.1, -0.05) is 0 Å². The topological polar surface area (TPSA) is 15.6 Å². The van der Waals surface area contributed by atoms with Crippen LogP contribution in [0.15, 0.2) is 4.99 Å². The monoisotopic (exact) mass is 85.1 g/mol. The zero-order chi connectivity index (χ0) is 4.99. The normalized spacial score (nSPS) is 9.83. The van der Waals surface area contributed by atoms with Crippen molar-refractivity contribution in [2.45, 2.75) is 0 Å². The molecule has 0 heterocycles. The fraction of sp³-hybridized carbons (Fsp3) is 0.750. The van der Waals surface area contributed by atoms with E-state index in [-0.39, 0.29) is 0 Å². The highest BCUT2D eigenvalue weighted by molar-refractivity contribution is 5.53. The Hall–Kier alpha value is -0.530. The lowest BCUT2D eigenvalue weighted by atomic mass is 10.9. The van der Waals surface area contributed by atoms with Gasteiger partial charge < -0.3 is 4.90 Å². The molecule has 0 bridgehead atoms. The Balaban J connectivity index is 3.03. The fourth-order valence-electron chi connectivity index (χ4n) is 0.200. The molecule has 0 aliphatic carbocycles. The lowest BCUT2D eigenvalue weighted by Crippen LogP contribution is -2.06. The molecule has 0 saturated heterocycles. The van der Waals surface area contributed by atoms with Gasteiger partial charge in [-0.05, 0) is 0 Å². The third-order valence-corrected chi connectivity index (χ3v) is 0.300. The molecule has 0 aliphatic heterocycles. The molecule has 0 unspecified atom stereocenters. The minimum atomic E-state index is 1.69. The highest BCUT2D eigenvalue weighted by atomic mass is 15.1. The van der Waals surface area contributed by atoms with Crippen molar-refractivity contribution in [2.24, 2.45) is 4.99 Å². The van der Waals surface area contributed by atoms with Crippen molar-refractivity contribution in [3.8, 4) is 0 Å². The Morgan fingerprint density at radius 1 is 1.50 bits per heavy atom. The van der Waals surface area contributed by atoms with Gasteiger partial charge in [0, 0.05) is 21.1 Å². The molecule has 1 radical (unpaired) electrons. The third-order valence-electron chi connectivity index (χ3n) is 0.300. The van der Waals surface area contributed by atoms with E-state index in [1.54, 1.807) is 11.9 Å². The van der Waals surface area contributed by atoms with Crippen LogP contribution in [0.3, 0.4) is 0 Å². The molecule has 0 aromatic carbocycles. The first-order valence-corrected chi connectivity index (χ1v) is 1.79. The summed E-state index contributed by atoms with van der Waals surface area (Å²) in [4.78, 5) is 5.38. The summed E-state index contributed by atoms with van der Waals surface area (Å²) in [6.45, 7) is 0. The van der Waals surface area contributed by atoms with Crippen LogP contribution < -0.4 is 0 Å². The Morgan fingerprint density at radius 3 is 2.00 bits per heavy atom. The molecular formula is C4H9N2. The largest absolute Gasteiger partial charge is 0.360 e. The van der Waals surface area contributed by atoms with Crippen molar-refractivity contribution < 1.29 is 0 Å². The third kappa shape index (κ3) is 3.47. The molecule has 6 heavy (non-hydrogen) atoms. The van der Waals surface area contributed by atoms with Gasteiger partial charge in [0.05, 0.1) is 0 Å². The summed E-state index contributed by atoms with van der Waals surface area (Å²) in [6, 6.07) is 0. The summed E-state index contributed by atoms with van der Waals surface area (Å²) in [5.41, 5.74) is 0. The molecular weight excluding hydrogens is 76.1 g/mol. The fourth-order valence-corrected chi connectivity index (χ4v) is 0.200. The van der Waals surface area contributed by atoms with Gasteiger partial charge in [-0.2, -0.15) is 0 Å². The minimum Gasteiger partial charge on any atom is -0.360 e. The average molecular weight is 85.1 g/mol. The van der Waals surface area contributed by atoms with E-state index in [1.165, 1.54) is 0 Å². The molecule has 0 atom stereocenters. The maximum Gasteiger partial charge on any atom is 0.166 e. The summed E-state index contributed by atoms with van der Waals surface area (Å²) in [5, 5.41) is 0. The average Bonchev–Trinajstić information content (AvgIpc) is 1.35. The van der Waals surface area contributed by atoms with E-state index in [0.717, 1.165) is 0 Å². The summed E-state index contributed by atoms with van der Waals surface area (Å²) < 4.78 is 0. The molecule has 0 amide bonds. The first-order chi connectivity index (χ1) is 2.77. The van der Waals surface area contributed by atoms with E-state index in [4.69, 9.17) is 0 Å². The number of aliphatic imine (C=N–C) groups is 1. The van der Waals surface area contributed by atoms with E-state index in [9.17, 15) is 0 Å². The van der Waals surface area contributed by atoms with Crippen LogP contribution in [0.1, 0.15) is 0 Å². The second kappa shape index (κ2) is 2.69. The van der Waals surface area contributed by atoms with E-state index in [2.05, 4.69) is 11.3 Å². The van der Waals surface area contributed by atoms with Crippen LogP contribution in [0.2, 0.25) is 0 Å². The van der Waals surface area contributed by atoms with Crippen molar-refractivity contribution in [1.29, 1.82) is 0 Å². The van der Waals surface area contributed by atoms with Crippen LogP contribution in [-0.2, 0) is 0 Å². The summed E-state index contributed by atoms with van der Waals surface area (Å²) in [5.74, 6) is 0. The molecule has 2 heteroatoms. The first kappa shape index (κ1) is 5.47.